The zero-order valence-corrected chi connectivity index (χ0v) is 10.8. The molecule has 4 nitrogen and oxygen atoms in total. The maximum atomic E-state index is 12.4. The van der Waals surface area contributed by atoms with Crippen molar-refractivity contribution >= 4 is 17.6 Å². The van der Waals surface area contributed by atoms with E-state index in [4.69, 9.17) is 16.7 Å². The number of nitrogens with zero attached hydrogens (tertiary/aromatic N) is 2. The molecule has 0 radical (unpaired) electrons. The highest BCUT2D eigenvalue weighted by atomic mass is 35.5. The number of carbonyl (C=O) groups is 1. The lowest BCUT2D eigenvalue weighted by Crippen LogP contribution is -2.05. The summed E-state index contributed by atoms with van der Waals surface area (Å²) in [6.45, 7) is 1.45. The number of hydrogen-bond donors (Lipinski definition) is 1. The third-order valence-corrected chi connectivity index (χ3v) is 3.01. The molecule has 1 aromatic carbocycles. The molecule has 20 heavy (non-hydrogen) atoms. The van der Waals surface area contributed by atoms with Crippen LogP contribution in [0.15, 0.2) is 24.3 Å². The summed E-state index contributed by atoms with van der Waals surface area (Å²) in [5, 5.41) is 12.7. The molecule has 1 aromatic heterocycles. The summed E-state index contributed by atoms with van der Waals surface area (Å²) in [4.78, 5) is 11.0. The Morgan fingerprint density at radius 2 is 1.85 bits per heavy atom. The van der Waals surface area contributed by atoms with Crippen LogP contribution in [0.4, 0.5) is 13.2 Å². The Bertz CT molecular complexity index is 663. The molecule has 0 saturated heterocycles. The van der Waals surface area contributed by atoms with Crippen LogP contribution < -0.4 is 0 Å². The number of alkyl halides is 3. The van der Waals surface area contributed by atoms with Crippen molar-refractivity contribution in [3.8, 4) is 5.69 Å². The van der Waals surface area contributed by atoms with Crippen LogP contribution >= 0.6 is 11.6 Å². The summed E-state index contributed by atoms with van der Waals surface area (Å²) in [7, 11) is 0. The minimum atomic E-state index is -4.44. The van der Waals surface area contributed by atoms with Gasteiger partial charge in [-0.15, -0.1) is 0 Å². The Morgan fingerprint density at radius 1 is 1.30 bits per heavy atom. The molecule has 1 heterocycles. The number of halogens is 4. The Balaban J connectivity index is 2.48. The maximum absolute atomic E-state index is 12.4. The molecule has 2 aromatic rings. The molecule has 0 aliphatic rings. The molecule has 0 spiro atoms. The van der Waals surface area contributed by atoms with E-state index < -0.39 is 17.7 Å². The third-order valence-electron chi connectivity index (χ3n) is 2.66. The van der Waals surface area contributed by atoms with Gasteiger partial charge in [0.15, 0.2) is 0 Å². The normalized spacial score (nSPS) is 11.7. The number of carboxylic acids is 1. The van der Waals surface area contributed by atoms with Gasteiger partial charge in [-0.25, -0.2) is 9.48 Å². The van der Waals surface area contributed by atoms with Crippen LogP contribution in [0.1, 0.15) is 21.6 Å². The highest BCUT2D eigenvalue weighted by Gasteiger charge is 2.30. The van der Waals surface area contributed by atoms with E-state index in [1.54, 1.807) is 0 Å². The smallest absolute Gasteiger partial charge is 0.416 e. The summed E-state index contributed by atoms with van der Waals surface area (Å²) in [6.07, 6.45) is -4.44. The molecule has 2 rings (SSSR count). The standard InChI is InChI=1S/C12H8ClF3N2O2/c1-6-9(11(19)20)10(13)18(17-6)8-4-2-7(3-5-8)12(14,15)16/h2-5H,1H3,(H,19,20). The van der Waals surface area contributed by atoms with Gasteiger partial charge in [0.2, 0.25) is 0 Å². The summed E-state index contributed by atoms with van der Waals surface area (Å²) in [5.74, 6) is -1.24. The van der Waals surface area contributed by atoms with Crippen molar-refractivity contribution < 1.29 is 23.1 Å². The topological polar surface area (TPSA) is 55.1 Å². The maximum Gasteiger partial charge on any atom is 0.416 e. The number of carboxylic acid groups (broad SMARTS) is 1. The van der Waals surface area contributed by atoms with Gasteiger partial charge in [-0.1, -0.05) is 11.6 Å². The first-order chi connectivity index (χ1) is 9.21. The highest BCUT2D eigenvalue weighted by molar-refractivity contribution is 6.32. The molecule has 0 unspecified atom stereocenters. The first-order valence-corrected chi connectivity index (χ1v) is 5.75. The van der Waals surface area contributed by atoms with Crippen molar-refractivity contribution in [1.29, 1.82) is 0 Å². The van der Waals surface area contributed by atoms with Gasteiger partial charge in [0, 0.05) is 0 Å². The zero-order valence-electron chi connectivity index (χ0n) is 10.1. The van der Waals surface area contributed by atoms with Crippen LogP contribution in [-0.4, -0.2) is 20.9 Å². The fourth-order valence-corrected chi connectivity index (χ4v) is 2.06. The first kappa shape index (κ1) is 14.4. The minimum Gasteiger partial charge on any atom is -0.478 e. The van der Waals surface area contributed by atoms with E-state index in [9.17, 15) is 18.0 Å². The van der Waals surface area contributed by atoms with Crippen molar-refractivity contribution in [2.24, 2.45) is 0 Å². The molecule has 0 aliphatic heterocycles. The van der Waals surface area contributed by atoms with Gasteiger partial charge in [0.05, 0.1) is 16.9 Å². The average molecular weight is 305 g/mol. The molecule has 1 N–H and O–H groups in total. The van der Waals surface area contributed by atoms with Crippen LogP contribution in [0.2, 0.25) is 5.15 Å². The first-order valence-electron chi connectivity index (χ1n) is 5.38. The number of rotatable bonds is 2. The number of aryl methyl sites for hydroxylation is 1. The predicted octanol–water partition coefficient (Wildman–Crippen LogP) is 3.55. The number of aromatic carboxylic acids is 1. The van der Waals surface area contributed by atoms with Crippen LogP contribution in [0, 0.1) is 6.92 Å². The van der Waals surface area contributed by atoms with Gasteiger partial charge in [-0.05, 0) is 31.2 Å². The molecule has 0 aliphatic carbocycles. The van der Waals surface area contributed by atoms with E-state index in [-0.39, 0.29) is 22.1 Å². The lowest BCUT2D eigenvalue weighted by Gasteiger charge is -2.08. The summed E-state index contributed by atoms with van der Waals surface area (Å²) < 4.78 is 38.4. The van der Waals surface area contributed by atoms with E-state index in [2.05, 4.69) is 5.10 Å². The summed E-state index contributed by atoms with van der Waals surface area (Å²) in [6, 6.07) is 4.10. The van der Waals surface area contributed by atoms with Crippen LogP contribution in [0.25, 0.3) is 5.69 Å². The van der Waals surface area contributed by atoms with E-state index in [0.717, 1.165) is 16.8 Å². The molecular formula is C12H8ClF3N2O2. The van der Waals surface area contributed by atoms with Crippen molar-refractivity contribution in [3.05, 3.63) is 46.2 Å². The molecular weight excluding hydrogens is 297 g/mol. The molecule has 106 valence electrons. The van der Waals surface area contributed by atoms with Gasteiger partial charge in [-0.3, -0.25) is 0 Å². The number of benzene rings is 1. The van der Waals surface area contributed by atoms with Gasteiger partial charge in [-0.2, -0.15) is 18.3 Å². The minimum absolute atomic E-state index is 0.158. The zero-order chi connectivity index (χ0) is 15.1. The average Bonchev–Trinajstić information content (AvgIpc) is 2.64. The van der Waals surface area contributed by atoms with E-state index >= 15 is 0 Å². The second-order valence-electron chi connectivity index (χ2n) is 4.01. The Morgan fingerprint density at radius 3 is 2.25 bits per heavy atom. The quantitative estimate of drug-likeness (QED) is 0.923. The fourth-order valence-electron chi connectivity index (χ4n) is 1.70. The van der Waals surface area contributed by atoms with Crippen molar-refractivity contribution in [1.82, 2.24) is 9.78 Å². The van der Waals surface area contributed by atoms with Gasteiger partial charge in [0.25, 0.3) is 0 Å². The molecule has 0 atom stereocenters. The van der Waals surface area contributed by atoms with Gasteiger partial charge >= 0.3 is 12.1 Å². The molecule has 8 heteroatoms. The summed E-state index contributed by atoms with van der Waals surface area (Å²) >= 11 is 5.89. The van der Waals surface area contributed by atoms with Crippen molar-refractivity contribution in [2.75, 3.05) is 0 Å². The summed E-state index contributed by atoms with van der Waals surface area (Å²) in [5.41, 5.74) is -0.549. The number of aromatic nitrogens is 2. The van der Waals surface area contributed by atoms with Crippen LogP contribution in [0.5, 0.6) is 0 Å². The number of hydrogen-bond acceptors (Lipinski definition) is 2. The second-order valence-corrected chi connectivity index (χ2v) is 4.37. The SMILES string of the molecule is Cc1nn(-c2ccc(C(F)(F)F)cc2)c(Cl)c1C(=O)O. The van der Waals surface area contributed by atoms with Crippen molar-refractivity contribution in [3.63, 3.8) is 0 Å². The molecule has 0 saturated carbocycles. The largest absolute Gasteiger partial charge is 0.478 e. The highest BCUT2D eigenvalue weighted by Crippen LogP contribution is 2.30. The molecule has 0 fully saturated rings. The fraction of sp³-hybridized carbons (Fsp3) is 0.167. The second kappa shape index (κ2) is 4.82. The van der Waals surface area contributed by atoms with Crippen molar-refractivity contribution in [2.45, 2.75) is 13.1 Å². The Labute approximate surface area is 116 Å². The van der Waals surface area contributed by atoms with E-state index in [1.165, 1.54) is 19.1 Å². The Hall–Kier alpha value is -2.02. The van der Waals surface area contributed by atoms with E-state index in [0.29, 0.717) is 0 Å². The Kier molecular flexibility index (Phi) is 3.47. The molecule has 0 bridgehead atoms. The van der Waals surface area contributed by atoms with E-state index in [1.807, 2.05) is 0 Å². The molecule has 0 amide bonds. The van der Waals surface area contributed by atoms with Crippen LogP contribution in [-0.2, 0) is 6.18 Å². The third kappa shape index (κ3) is 2.49. The van der Waals surface area contributed by atoms with Gasteiger partial charge < -0.3 is 5.11 Å². The lowest BCUT2D eigenvalue weighted by molar-refractivity contribution is -0.137. The predicted molar refractivity (Wildman–Crippen MR) is 65.3 cm³/mol. The monoisotopic (exact) mass is 304 g/mol. The van der Waals surface area contributed by atoms with Crippen LogP contribution in [0.3, 0.4) is 0 Å². The lowest BCUT2D eigenvalue weighted by atomic mass is 10.2. The van der Waals surface area contributed by atoms with Gasteiger partial charge in [0.1, 0.15) is 10.7 Å².